The van der Waals surface area contributed by atoms with Gasteiger partial charge in [-0.05, 0) is 74.9 Å². The Kier molecular flexibility index (Phi) is 20.7. The third-order valence-electron chi connectivity index (χ3n) is 9.61. The van der Waals surface area contributed by atoms with Crippen LogP contribution in [-0.4, -0.2) is 116 Å². The van der Waals surface area contributed by atoms with E-state index in [1.54, 1.807) is 34.8 Å². The summed E-state index contributed by atoms with van der Waals surface area (Å²) in [4.78, 5) is 91.4. The van der Waals surface area contributed by atoms with Crippen LogP contribution in [0, 0.1) is 11.3 Å². The minimum Gasteiger partial charge on any atom is -0.496 e. The minimum atomic E-state index is -0.557. The highest BCUT2D eigenvalue weighted by atomic mass is 33.1. The van der Waals surface area contributed by atoms with E-state index < -0.39 is 11.8 Å². The van der Waals surface area contributed by atoms with Crippen LogP contribution in [0.15, 0.2) is 60.7 Å². The molecule has 2 aromatic carbocycles. The Bertz CT molecular complexity index is 2160. The van der Waals surface area contributed by atoms with Crippen molar-refractivity contribution < 1.29 is 43.0 Å². The van der Waals surface area contributed by atoms with Crippen LogP contribution in [-0.2, 0) is 44.7 Å². The Morgan fingerprint density at radius 2 is 1.52 bits per heavy atom. The number of hydrogen-bond acceptors (Lipinski definition) is 14. The van der Waals surface area contributed by atoms with Gasteiger partial charge >= 0.3 is 5.97 Å². The van der Waals surface area contributed by atoms with Gasteiger partial charge < -0.3 is 35.6 Å². The lowest BCUT2D eigenvalue weighted by Gasteiger charge is -2.23. The molecule has 336 valence electrons. The Balaban J connectivity index is 0.996. The van der Waals surface area contributed by atoms with Gasteiger partial charge in [-0.3, -0.25) is 38.5 Å². The summed E-state index contributed by atoms with van der Waals surface area (Å²) in [6.07, 6.45) is 6.45. The second kappa shape index (κ2) is 26.4. The van der Waals surface area contributed by atoms with Crippen LogP contribution in [0.2, 0.25) is 0 Å². The maximum Gasteiger partial charge on any atom is 0.305 e. The van der Waals surface area contributed by atoms with Crippen molar-refractivity contribution >= 4 is 85.3 Å². The average Bonchev–Trinajstić information content (AvgIpc) is 3.61. The van der Waals surface area contributed by atoms with Gasteiger partial charge in [0.15, 0.2) is 0 Å². The van der Waals surface area contributed by atoms with Gasteiger partial charge in [0.25, 0.3) is 11.8 Å². The van der Waals surface area contributed by atoms with Gasteiger partial charge in [-0.2, -0.15) is 5.26 Å². The number of imide groups is 1. The van der Waals surface area contributed by atoms with Crippen LogP contribution in [0.3, 0.4) is 0 Å². The maximum atomic E-state index is 12.6. The van der Waals surface area contributed by atoms with Crippen molar-refractivity contribution in [1.29, 1.82) is 5.26 Å². The molecule has 2 heterocycles. The SMILES string of the molecule is COc1ccc(N(C)c2cc(C#N)nc3ccccc23)cc1CCCC(=O)OCC(C)SSCCCNC(=O)CNC(=O)CNC(=O)CNC(=O)CCCCCN1C(=O)C=CC1=O. The lowest BCUT2D eigenvalue weighted by Crippen LogP contribution is -2.44. The summed E-state index contributed by atoms with van der Waals surface area (Å²) in [5, 5.41) is 20.6. The van der Waals surface area contributed by atoms with Crippen molar-refractivity contribution in [2.75, 3.05) is 64.1 Å². The highest BCUT2D eigenvalue weighted by Gasteiger charge is 2.22. The number of carbonyl (C=O) groups is 7. The number of anilines is 2. The summed E-state index contributed by atoms with van der Waals surface area (Å²) >= 11 is 0. The number of aryl methyl sites for hydroxylation is 1. The highest BCUT2D eigenvalue weighted by molar-refractivity contribution is 8.76. The fourth-order valence-corrected chi connectivity index (χ4v) is 8.47. The summed E-state index contributed by atoms with van der Waals surface area (Å²) < 4.78 is 11.1. The monoisotopic (exact) mass is 902 g/mol. The van der Waals surface area contributed by atoms with Crippen LogP contribution in [0.5, 0.6) is 5.75 Å². The number of benzene rings is 2. The number of nitrogens with zero attached hydrogens (tertiary/aromatic N) is 4. The summed E-state index contributed by atoms with van der Waals surface area (Å²) in [6.45, 7) is 2.03. The molecular weight excluding hydrogens is 849 g/mol. The minimum absolute atomic E-state index is 0.0565. The topological polar surface area (TPSA) is 229 Å². The van der Waals surface area contributed by atoms with Crippen LogP contribution >= 0.6 is 21.6 Å². The molecule has 1 aliphatic heterocycles. The smallest absolute Gasteiger partial charge is 0.305 e. The van der Waals surface area contributed by atoms with Crippen molar-refractivity contribution in [3.05, 3.63) is 71.9 Å². The predicted molar refractivity (Wildman–Crippen MR) is 242 cm³/mol. The molecule has 1 unspecified atom stereocenters. The van der Waals surface area contributed by atoms with Crippen LogP contribution in [0.4, 0.5) is 11.4 Å². The van der Waals surface area contributed by atoms with Gasteiger partial charge in [-0.15, -0.1) is 0 Å². The molecule has 17 nitrogen and oxygen atoms in total. The summed E-state index contributed by atoms with van der Waals surface area (Å²) in [5.74, 6) is -1.31. The molecule has 19 heteroatoms. The van der Waals surface area contributed by atoms with Crippen LogP contribution in [0.1, 0.15) is 63.1 Å². The van der Waals surface area contributed by atoms with Gasteiger partial charge in [-0.25, -0.2) is 4.98 Å². The Morgan fingerprint density at radius 3 is 2.22 bits per heavy atom. The van der Waals surface area contributed by atoms with E-state index in [1.807, 2.05) is 61.3 Å². The molecule has 0 spiro atoms. The molecule has 0 radical (unpaired) electrons. The standard InChI is InChI=1S/C44H54N8O9S2/c1-30(29-61-44(59)15-9-11-31-23-33(16-17-37(31)60-3)51(2)36-24-32(25-45)50-35-13-7-6-12-34(35)36)63-62-22-10-20-46-39(54)26-48-41(56)28-49-40(55)27-47-38(53)14-5-4-8-21-52-42(57)18-19-43(52)58/h6-7,12-13,16-19,23-24,30H,4-5,8-11,14-15,20-22,26-29H2,1-3H3,(H,46,54)(H,47,53)(H,48,56)(H,49,55). The number of rotatable bonds is 27. The first-order valence-electron chi connectivity index (χ1n) is 20.6. The number of nitrogens with one attached hydrogen (secondary N) is 4. The molecule has 4 N–H and O–H groups in total. The molecule has 0 saturated heterocycles. The number of para-hydroxylation sites is 1. The number of pyridine rings is 1. The van der Waals surface area contributed by atoms with Gasteiger partial charge in [0, 0.05) is 67.2 Å². The number of fused-ring (bicyclic) bond motifs is 1. The van der Waals surface area contributed by atoms with Crippen LogP contribution < -0.4 is 30.9 Å². The Hall–Kier alpha value is -6.13. The van der Waals surface area contributed by atoms with Crippen molar-refractivity contribution in [3.63, 3.8) is 0 Å². The molecule has 6 amide bonds. The number of methoxy groups -OCH3 is 1. The van der Waals surface area contributed by atoms with Crippen molar-refractivity contribution in [2.24, 2.45) is 0 Å². The molecule has 1 atom stereocenters. The molecule has 63 heavy (non-hydrogen) atoms. The van der Waals surface area contributed by atoms with E-state index in [2.05, 4.69) is 32.3 Å². The van der Waals surface area contributed by atoms with E-state index in [9.17, 15) is 38.8 Å². The molecule has 0 fully saturated rings. The van der Waals surface area contributed by atoms with Gasteiger partial charge in [-0.1, -0.05) is 46.2 Å². The summed E-state index contributed by atoms with van der Waals surface area (Å²) in [6, 6.07) is 17.5. The molecule has 0 aliphatic carbocycles. The van der Waals surface area contributed by atoms with Crippen molar-refractivity contribution in [1.82, 2.24) is 31.2 Å². The highest BCUT2D eigenvalue weighted by Crippen LogP contribution is 2.34. The van der Waals surface area contributed by atoms with Gasteiger partial charge in [0.05, 0.1) is 37.9 Å². The second-order valence-corrected chi connectivity index (χ2v) is 17.4. The number of carbonyl (C=O) groups excluding carboxylic acids is 7. The number of unbranched alkanes of at least 4 members (excludes halogenated alkanes) is 2. The molecule has 0 bridgehead atoms. The quantitative estimate of drug-likeness (QED) is 0.0369. The lowest BCUT2D eigenvalue weighted by molar-refractivity contribution is -0.143. The molecule has 4 rings (SSSR count). The van der Waals surface area contributed by atoms with E-state index >= 15 is 0 Å². The number of nitriles is 1. The van der Waals surface area contributed by atoms with Crippen molar-refractivity contribution in [2.45, 2.75) is 63.5 Å². The average molecular weight is 903 g/mol. The zero-order valence-electron chi connectivity index (χ0n) is 35.7. The Labute approximate surface area is 374 Å². The predicted octanol–water partition coefficient (Wildman–Crippen LogP) is 3.86. The zero-order valence-corrected chi connectivity index (χ0v) is 37.4. The molecule has 1 aliphatic rings. The van der Waals surface area contributed by atoms with Crippen molar-refractivity contribution in [3.8, 4) is 11.8 Å². The first-order valence-corrected chi connectivity index (χ1v) is 23.0. The Morgan fingerprint density at radius 1 is 0.841 bits per heavy atom. The molecular formula is C44H54N8O9S2. The third kappa shape index (κ3) is 16.9. The van der Waals surface area contributed by atoms with Gasteiger partial charge in [0.2, 0.25) is 23.6 Å². The number of ether oxygens (including phenoxy) is 2. The fraction of sp³-hybridized carbons (Fsp3) is 0.432. The lowest BCUT2D eigenvalue weighted by atomic mass is 10.0. The van der Waals surface area contributed by atoms with E-state index in [0.717, 1.165) is 44.2 Å². The number of aromatic nitrogens is 1. The first kappa shape index (κ1) is 49.5. The molecule has 1 aromatic heterocycles. The van der Waals surface area contributed by atoms with E-state index in [-0.39, 0.29) is 73.9 Å². The summed E-state index contributed by atoms with van der Waals surface area (Å²) in [5.41, 5.74) is 3.77. The number of esters is 1. The molecule has 3 aromatic rings. The zero-order chi connectivity index (χ0) is 45.6. The number of hydrogen-bond donors (Lipinski definition) is 4. The van der Waals surface area contributed by atoms with E-state index in [4.69, 9.17) is 9.47 Å². The second-order valence-electron chi connectivity index (χ2n) is 14.5. The normalized spacial score (nSPS) is 12.4. The largest absolute Gasteiger partial charge is 0.496 e. The number of amides is 6. The summed E-state index contributed by atoms with van der Waals surface area (Å²) in [7, 11) is 6.75. The van der Waals surface area contributed by atoms with E-state index in [0.29, 0.717) is 57.3 Å². The first-order chi connectivity index (χ1) is 30.4. The van der Waals surface area contributed by atoms with Gasteiger partial charge in [0.1, 0.15) is 24.1 Å². The third-order valence-corrected chi connectivity index (χ3v) is 12.6. The van der Waals surface area contributed by atoms with Crippen LogP contribution in [0.25, 0.3) is 10.9 Å². The van der Waals surface area contributed by atoms with E-state index in [1.165, 1.54) is 12.2 Å². The maximum absolute atomic E-state index is 12.6. The molecule has 0 saturated carbocycles. The fourth-order valence-electron chi connectivity index (χ4n) is 6.25.